The van der Waals surface area contributed by atoms with E-state index < -0.39 is 11.5 Å². The van der Waals surface area contributed by atoms with Crippen molar-refractivity contribution in [2.45, 2.75) is 45.1 Å². The van der Waals surface area contributed by atoms with Crippen molar-refractivity contribution >= 4 is 11.9 Å². The summed E-state index contributed by atoms with van der Waals surface area (Å²) < 4.78 is 0. The zero-order valence-electron chi connectivity index (χ0n) is 10.6. The van der Waals surface area contributed by atoms with E-state index in [1.165, 1.54) is 4.90 Å². The molecule has 5 heteroatoms. The third-order valence-corrected chi connectivity index (χ3v) is 3.05. The van der Waals surface area contributed by atoms with Gasteiger partial charge in [-0.2, -0.15) is 0 Å². The second-order valence-electron chi connectivity index (χ2n) is 5.19. The lowest BCUT2D eigenvalue weighted by atomic mass is 9.95. The minimum Gasteiger partial charge on any atom is -0.480 e. The fourth-order valence-corrected chi connectivity index (χ4v) is 1.98. The molecule has 1 fully saturated rings. The predicted octanol–water partition coefficient (Wildman–Crippen LogP) is 0.827. The van der Waals surface area contributed by atoms with Crippen LogP contribution in [0.4, 0.5) is 0 Å². The van der Waals surface area contributed by atoms with Crippen molar-refractivity contribution in [3.63, 3.8) is 0 Å². The van der Waals surface area contributed by atoms with E-state index >= 15 is 0 Å². The Bertz CT molecular complexity index is 298. The zero-order valence-corrected chi connectivity index (χ0v) is 10.6. The molecule has 1 aliphatic carbocycles. The molecule has 1 atom stereocenters. The van der Waals surface area contributed by atoms with Crippen LogP contribution in [0.3, 0.4) is 0 Å². The van der Waals surface area contributed by atoms with Gasteiger partial charge in [0.15, 0.2) is 0 Å². The molecule has 1 aliphatic rings. The number of carboxylic acids is 1. The van der Waals surface area contributed by atoms with Crippen LogP contribution in [-0.2, 0) is 9.59 Å². The van der Waals surface area contributed by atoms with E-state index in [1.54, 1.807) is 6.92 Å². The molecule has 1 amide bonds. The van der Waals surface area contributed by atoms with E-state index in [0.717, 1.165) is 19.3 Å². The van der Waals surface area contributed by atoms with Crippen LogP contribution >= 0.6 is 0 Å². The smallest absolute Gasteiger partial charge is 0.323 e. The zero-order chi connectivity index (χ0) is 13.1. The van der Waals surface area contributed by atoms with Crippen molar-refractivity contribution in [3.05, 3.63) is 0 Å². The number of nitrogens with zero attached hydrogens (tertiary/aromatic N) is 1. The first-order valence-electron chi connectivity index (χ1n) is 6.17. The summed E-state index contributed by atoms with van der Waals surface area (Å²) in [6.45, 7) is 3.93. The van der Waals surface area contributed by atoms with Crippen LogP contribution in [0.5, 0.6) is 0 Å². The lowest BCUT2D eigenvalue weighted by Crippen LogP contribution is -2.54. The topological polar surface area (TPSA) is 83.6 Å². The molecular formula is C12H22N2O3. The average Bonchev–Trinajstić information content (AvgIpc) is 2.98. The van der Waals surface area contributed by atoms with Crippen LogP contribution in [0.15, 0.2) is 0 Å². The van der Waals surface area contributed by atoms with Gasteiger partial charge in [0.2, 0.25) is 5.91 Å². The number of aliphatic carboxylic acids is 1. The van der Waals surface area contributed by atoms with Crippen LogP contribution < -0.4 is 5.73 Å². The Hall–Kier alpha value is -1.10. The Kier molecular flexibility index (Phi) is 4.51. The van der Waals surface area contributed by atoms with Crippen LogP contribution in [0.2, 0.25) is 0 Å². The van der Waals surface area contributed by atoms with E-state index in [-0.39, 0.29) is 12.5 Å². The molecule has 5 nitrogen and oxygen atoms in total. The van der Waals surface area contributed by atoms with E-state index in [4.69, 9.17) is 10.8 Å². The summed E-state index contributed by atoms with van der Waals surface area (Å²) in [6.07, 6.45) is 3.55. The van der Waals surface area contributed by atoms with Crippen LogP contribution in [0, 0.1) is 5.92 Å². The summed E-state index contributed by atoms with van der Waals surface area (Å²) in [7, 11) is 0. The van der Waals surface area contributed by atoms with Crippen molar-refractivity contribution in [2.75, 3.05) is 13.1 Å². The minimum absolute atomic E-state index is 0.242. The number of carbonyl (C=O) groups is 2. The van der Waals surface area contributed by atoms with Crippen LogP contribution in [-0.4, -0.2) is 40.5 Å². The normalized spacial score (nSPS) is 18.5. The summed E-state index contributed by atoms with van der Waals surface area (Å²) in [4.78, 5) is 24.4. The van der Waals surface area contributed by atoms with E-state index in [1.807, 2.05) is 6.92 Å². The van der Waals surface area contributed by atoms with Crippen molar-refractivity contribution in [1.29, 1.82) is 0 Å². The third kappa shape index (κ3) is 4.34. The Labute approximate surface area is 102 Å². The van der Waals surface area contributed by atoms with Gasteiger partial charge in [0, 0.05) is 6.54 Å². The van der Waals surface area contributed by atoms with E-state index in [0.29, 0.717) is 18.9 Å². The number of nitrogens with two attached hydrogens (primary N) is 1. The van der Waals surface area contributed by atoms with Gasteiger partial charge < -0.3 is 15.7 Å². The predicted molar refractivity (Wildman–Crippen MR) is 64.4 cm³/mol. The quantitative estimate of drug-likeness (QED) is 0.692. The number of hydrogen-bond acceptors (Lipinski definition) is 3. The first-order chi connectivity index (χ1) is 7.86. The highest BCUT2D eigenvalue weighted by Crippen LogP contribution is 2.30. The molecule has 0 saturated heterocycles. The molecule has 0 bridgehead atoms. The SMILES string of the molecule is CCCC(C)(N)C(=O)N(CC(=O)O)CC1CC1. The van der Waals surface area contributed by atoms with Gasteiger partial charge >= 0.3 is 5.97 Å². The second kappa shape index (κ2) is 5.49. The Morgan fingerprint density at radius 1 is 1.47 bits per heavy atom. The largest absolute Gasteiger partial charge is 0.480 e. The molecule has 17 heavy (non-hydrogen) atoms. The van der Waals surface area contributed by atoms with E-state index in [9.17, 15) is 9.59 Å². The summed E-state index contributed by atoms with van der Waals surface area (Å²) >= 11 is 0. The maximum Gasteiger partial charge on any atom is 0.323 e. The van der Waals surface area contributed by atoms with Crippen molar-refractivity contribution in [1.82, 2.24) is 4.90 Å². The summed E-state index contributed by atoms with van der Waals surface area (Å²) in [5.74, 6) is -0.754. The Morgan fingerprint density at radius 2 is 2.06 bits per heavy atom. The Morgan fingerprint density at radius 3 is 2.47 bits per heavy atom. The van der Waals surface area contributed by atoms with Gasteiger partial charge in [-0.05, 0) is 32.1 Å². The highest BCUT2D eigenvalue weighted by atomic mass is 16.4. The molecule has 98 valence electrons. The van der Waals surface area contributed by atoms with Gasteiger partial charge in [0.05, 0.1) is 5.54 Å². The van der Waals surface area contributed by atoms with Gasteiger partial charge in [-0.25, -0.2) is 0 Å². The van der Waals surface area contributed by atoms with Crippen LogP contribution in [0.1, 0.15) is 39.5 Å². The highest BCUT2D eigenvalue weighted by molar-refractivity contribution is 5.88. The van der Waals surface area contributed by atoms with Crippen molar-refractivity contribution in [2.24, 2.45) is 11.7 Å². The lowest BCUT2D eigenvalue weighted by Gasteiger charge is -2.30. The van der Waals surface area contributed by atoms with Crippen molar-refractivity contribution < 1.29 is 14.7 Å². The lowest BCUT2D eigenvalue weighted by molar-refractivity contribution is -0.147. The number of amides is 1. The molecule has 0 aliphatic heterocycles. The fourth-order valence-electron chi connectivity index (χ4n) is 1.98. The molecule has 0 heterocycles. The third-order valence-electron chi connectivity index (χ3n) is 3.05. The van der Waals surface area contributed by atoms with Gasteiger partial charge in [0.1, 0.15) is 6.54 Å². The summed E-state index contributed by atoms with van der Waals surface area (Å²) in [5, 5.41) is 8.83. The van der Waals surface area contributed by atoms with Crippen molar-refractivity contribution in [3.8, 4) is 0 Å². The molecule has 0 aromatic rings. The number of hydrogen-bond donors (Lipinski definition) is 2. The molecule has 0 spiro atoms. The molecule has 1 rings (SSSR count). The molecule has 0 radical (unpaired) electrons. The molecule has 0 aromatic heterocycles. The van der Waals surface area contributed by atoms with Gasteiger partial charge in [-0.3, -0.25) is 9.59 Å². The standard InChI is InChI=1S/C12H22N2O3/c1-3-6-12(2,13)11(17)14(8-10(15)16)7-9-4-5-9/h9H,3-8,13H2,1-2H3,(H,15,16). The van der Waals surface area contributed by atoms with E-state index in [2.05, 4.69) is 0 Å². The number of carbonyl (C=O) groups excluding carboxylic acids is 1. The van der Waals surface area contributed by atoms with Gasteiger partial charge in [0.25, 0.3) is 0 Å². The van der Waals surface area contributed by atoms with Gasteiger partial charge in [-0.1, -0.05) is 13.3 Å². The monoisotopic (exact) mass is 242 g/mol. The first-order valence-corrected chi connectivity index (χ1v) is 6.17. The van der Waals surface area contributed by atoms with Gasteiger partial charge in [-0.15, -0.1) is 0 Å². The maximum atomic E-state index is 12.2. The highest BCUT2D eigenvalue weighted by Gasteiger charge is 2.35. The number of carboxylic acid groups (broad SMARTS) is 1. The molecule has 1 saturated carbocycles. The molecule has 3 N–H and O–H groups in total. The number of rotatable bonds is 7. The second-order valence-corrected chi connectivity index (χ2v) is 5.19. The summed E-state index contributed by atoms with van der Waals surface area (Å²) in [5.41, 5.74) is 5.01. The maximum absolute atomic E-state index is 12.2. The first kappa shape index (κ1) is 14.0. The average molecular weight is 242 g/mol. The minimum atomic E-state index is -0.980. The summed E-state index contributed by atoms with van der Waals surface area (Å²) in [6, 6.07) is 0. The van der Waals surface area contributed by atoms with Crippen LogP contribution in [0.25, 0.3) is 0 Å². The molecular weight excluding hydrogens is 220 g/mol. The molecule has 1 unspecified atom stereocenters. The molecule has 0 aromatic carbocycles. The fraction of sp³-hybridized carbons (Fsp3) is 0.833. The Balaban J connectivity index is 2.66.